The van der Waals surface area contributed by atoms with E-state index in [1.165, 1.54) is 13.3 Å². The van der Waals surface area contributed by atoms with Crippen molar-refractivity contribution in [2.24, 2.45) is 0 Å². The molecule has 0 N–H and O–H groups in total. The van der Waals surface area contributed by atoms with Crippen LogP contribution in [0.3, 0.4) is 0 Å². The van der Waals surface area contributed by atoms with E-state index in [9.17, 15) is 0 Å². The van der Waals surface area contributed by atoms with Crippen molar-refractivity contribution in [1.29, 1.82) is 0 Å². The second kappa shape index (κ2) is 6.74. The summed E-state index contributed by atoms with van der Waals surface area (Å²) in [4.78, 5) is -0.356. The summed E-state index contributed by atoms with van der Waals surface area (Å²) in [7, 11) is 0. The van der Waals surface area contributed by atoms with Crippen LogP contribution in [0.1, 0.15) is 20.8 Å². The Balaban J connectivity index is 3.93. The van der Waals surface area contributed by atoms with E-state index in [2.05, 4.69) is 20.8 Å². The number of hydrogen-bond donors (Lipinski definition) is 0. The Hall–Kier alpha value is 1.34. The van der Waals surface area contributed by atoms with Crippen molar-refractivity contribution in [3.63, 3.8) is 0 Å². The van der Waals surface area contributed by atoms with Crippen molar-refractivity contribution < 1.29 is 3.07 Å². The Morgan fingerprint density at radius 3 is 1.75 bits per heavy atom. The van der Waals surface area contributed by atoms with Gasteiger partial charge in [0.25, 0.3) is 0 Å². The van der Waals surface area contributed by atoms with Crippen LogP contribution in [0, 0.1) is 0 Å². The average molecular weight is 320 g/mol. The van der Waals surface area contributed by atoms with Crippen LogP contribution in [-0.2, 0) is 3.07 Å². The molecule has 0 amide bonds. The third-order valence-corrected chi connectivity index (χ3v) is 16.0. The van der Waals surface area contributed by atoms with Crippen molar-refractivity contribution in [3.8, 4) is 0 Å². The Labute approximate surface area is 90.2 Å². The Bertz CT molecular complexity index is 107. The molecule has 74 valence electrons. The molecule has 0 bridgehead atoms. The summed E-state index contributed by atoms with van der Waals surface area (Å²) in [5.74, 6) is 0. The first-order valence-corrected chi connectivity index (χ1v) is 12.6. The van der Waals surface area contributed by atoms with Gasteiger partial charge in [-0.05, 0) is 0 Å². The van der Waals surface area contributed by atoms with Crippen LogP contribution in [0.2, 0.25) is 13.3 Å². The Morgan fingerprint density at radius 2 is 1.50 bits per heavy atom. The molecule has 1 nitrogen and oxygen atoms in total. The normalized spacial score (nSPS) is 12.5. The van der Waals surface area contributed by atoms with Crippen molar-refractivity contribution in [1.82, 2.24) is 0 Å². The second-order valence-corrected chi connectivity index (χ2v) is 17.9. The van der Waals surface area contributed by atoms with Crippen molar-refractivity contribution in [2.75, 3.05) is 6.61 Å². The molecule has 0 saturated carbocycles. The molecule has 0 aliphatic heterocycles. The van der Waals surface area contributed by atoms with Gasteiger partial charge < -0.3 is 0 Å². The van der Waals surface area contributed by atoms with Gasteiger partial charge in [0.05, 0.1) is 0 Å². The van der Waals surface area contributed by atoms with Gasteiger partial charge in [0, 0.05) is 0 Å². The summed E-state index contributed by atoms with van der Waals surface area (Å²) in [6.07, 6.45) is 0. The molecule has 0 heterocycles. The number of halogens is 2. The predicted octanol–water partition coefficient (Wildman–Crippen LogP) is 3.81. The molecule has 0 fully saturated rings. The fourth-order valence-electron chi connectivity index (χ4n) is 1.30. The van der Waals surface area contributed by atoms with Crippen LogP contribution < -0.4 is 0 Å². The topological polar surface area (TPSA) is 9.23 Å². The average Bonchev–Trinajstić information content (AvgIpc) is 2.08. The summed E-state index contributed by atoms with van der Waals surface area (Å²) in [5, 5.41) is 0. The van der Waals surface area contributed by atoms with Gasteiger partial charge in [-0.3, -0.25) is 0 Å². The van der Waals surface area contributed by atoms with E-state index in [0.717, 1.165) is 0 Å². The van der Waals surface area contributed by atoms with E-state index in [1.54, 1.807) is 0 Å². The molecular formula is C8H18Cl2OSn. The summed E-state index contributed by atoms with van der Waals surface area (Å²) in [6.45, 7) is 7.19. The first-order valence-electron chi connectivity index (χ1n) is 4.52. The van der Waals surface area contributed by atoms with Gasteiger partial charge in [0.2, 0.25) is 0 Å². The molecule has 0 atom stereocenters. The monoisotopic (exact) mass is 320 g/mol. The molecule has 0 aromatic carbocycles. The molecule has 0 radical (unpaired) electrons. The zero-order valence-corrected chi connectivity index (χ0v) is 12.4. The van der Waals surface area contributed by atoms with Crippen LogP contribution >= 0.6 is 23.2 Å². The predicted molar refractivity (Wildman–Crippen MR) is 58.6 cm³/mol. The quantitative estimate of drug-likeness (QED) is 0.534. The van der Waals surface area contributed by atoms with Crippen LogP contribution in [0.25, 0.3) is 0 Å². The minimum atomic E-state index is -2.18. The first kappa shape index (κ1) is 13.3. The van der Waals surface area contributed by atoms with Crippen LogP contribution in [0.4, 0.5) is 0 Å². The molecule has 0 aliphatic carbocycles. The van der Waals surface area contributed by atoms with E-state index < -0.39 is 18.8 Å². The van der Waals surface area contributed by atoms with E-state index in [-0.39, 0.29) is 4.84 Å². The zero-order valence-electron chi connectivity index (χ0n) is 8.07. The third-order valence-electron chi connectivity index (χ3n) is 2.45. The molecule has 0 rings (SSSR count). The second-order valence-electron chi connectivity index (χ2n) is 2.95. The van der Waals surface area contributed by atoms with E-state index in [4.69, 9.17) is 26.3 Å². The molecule has 12 heavy (non-hydrogen) atoms. The fourth-order valence-corrected chi connectivity index (χ4v) is 9.54. The zero-order chi connectivity index (χ0) is 9.61. The van der Waals surface area contributed by atoms with E-state index in [1.807, 2.05) is 0 Å². The molecule has 0 aliphatic rings. The molecule has 0 aromatic rings. The summed E-state index contributed by atoms with van der Waals surface area (Å²) in [6, 6.07) is 0. The summed E-state index contributed by atoms with van der Waals surface area (Å²) in [5.41, 5.74) is 0. The third kappa shape index (κ3) is 4.54. The van der Waals surface area contributed by atoms with Crippen LogP contribution in [0.15, 0.2) is 0 Å². The van der Waals surface area contributed by atoms with Gasteiger partial charge in [-0.25, -0.2) is 0 Å². The molecule has 0 unspecified atom stereocenters. The minimum absolute atomic E-state index is 0.356. The summed E-state index contributed by atoms with van der Waals surface area (Å²) >= 11 is 9.07. The van der Waals surface area contributed by atoms with Gasteiger partial charge in [-0.2, -0.15) is 0 Å². The number of alkyl halides is 2. The van der Waals surface area contributed by atoms with Crippen LogP contribution in [-0.4, -0.2) is 30.2 Å². The Morgan fingerprint density at radius 1 is 1.08 bits per heavy atom. The van der Waals surface area contributed by atoms with Gasteiger partial charge in [-0.1, -0.05) is 0 Å². The Kier molecular flexibility index (Phi) is 7.49. The van der Waals surface area contributed by atoms with E-state index in [0.29, 0.717) is 6.61 Å². The maximum absolute atomic E-state index is 5.88. The number of rotatable bonds is 6. The molecule has 0 aromatic heterocycles. The van der Waals surface area contributed by atoms with Gasteiger partial charge in [0.15, 0.2) is 0 Å². The van der Waals surface area contributed by atoms with Crippen molar-refractivity contribution >= 4 is 42.0 Å². The fraction of sp³-hybridized carbons (Fsp3) is 1.00. The van der Waals surface area contributed by atoms with Gasteiger partial charge in [-0.15, -0.1) is 0 Å². The van der Waals surface area contributed by atoms with E-state index >= 15 is 0 Å². The van der Waals surface area contributed by atoms with Crippen molar-refractivity contribution in [3.05, 3.63) is 0 Å². The SMILES string of the molecule is C[CH2][Sn]([CH2]C)([CH2]C)[O]CC(Cl)Cl. The molecule has 0 saturated heterocycles. The maximum atomic E-state index is 5.88. The van der Waals surface area contributed by atoms with Gasteiger partial charge in [0.1, 0.15) is 0 Å². The van der Waals surface area contributed by atoms with Crippen LogP contribution in [0.5, 0.6) is 0 Å². The molecule has 0 spiro atoms. The summed E-state index contributed by atoms with van der Waals surface area (Å²) < 4.78 is 9.56. The van der Waals surface area contributed by atoms with Gasteiger partial charge >= 0.3 is 90.6 Å². The molecule has 4 heteroatoms. The first-order chi connectivity index (χ1) is 5.60. The van der Waals surface area contributed by atoms with Crippen molar-refractivity contribution in [2.45, 2.75) is 38.9 Å². The molecular weight excluding hydrogens is 302 g/mol. The number of hydrogen-bond acceptors (Lipinski definition) is 1. The standard InChI is InChI=1S/C2H3Cl2O.3C2H5.Sn/c3-2(4)1-5;3*1-2;/h2H,1H2;3*1H2,2H3;/q-1;;;;+1.